The smallest absolute Gasteiger partial charge is 0.238 e. The molecule has 1 N–H and O–H groups in total. The van der Waals surface area contributed by atoms with E-state index in [1.807, 2.05) is 11.9 Å². The van der Waals surface area contributed by atoms with Crippen molar-refractivity contribution < 1.29 is 9.18 Å². The van der Waals surface area contributed by atoms with Crippen molar-refractivity contribution >= 4 is 11.6 Å². The summed E-state index contributed by atoms with van der Waals surface area (Å²) in [6.07, 6.45) is 0.826. The van der Waals surface area contributed by atoms with Crippen molar-refractivity contribution in [3.8, 4) is 0 Å². The van der Waals surface area contributed by atoms with E-state index in [0.717, 1.165) is 18.5 Å². The van der Waals surface area contributed by atoms with E-state index < -0.39 is 0 Å². The second kappa shape index (κ2) is 3.98. The predicted octanol–water partition coefficient (Wildman–Crippen LogP) is 1.25. The summed E-state index contributed by atoms with van der Waals surface area (Å²) in [7, 11) is 1.90. The van der Waals surface area contributed by atoms with Gasteiger partial charge in [0, 0.05) is 12.2 Å². The van der Waals surface area contributed by atoms with E-state index in [1.165, 1.54) is 12.1 Å². The number of hydrogen-bond donors (Lipinski definition) is 1. The number of likely N-dealkylation sites (N-methyl/N-ethyl adjacent to an activating group) is 1. The van der Waals surface area contributed by atoms with Gasteiger partial charge in [-0.25, -0.2) is 4.39 Å². The number of carbonyl (C=O) groups excluding carboxylic acids is 1. The van der Waals surface area contributed by atoms with E-state index in [-0.39, 0.29) is 11.7 Å². The fraction of sp³-hybridized carbons (Fsp3) is 0.364. The Bertz CT molecular complexity index is 392. The molecule has 0 unspecified atom stereocenters. The second-order valence-corrected chi connectivity index (χ2v) is 3.84. The van der Waals surface area contributed by atoms with Gasteiger partial charge in [0.05, 0.1) is 6.54 Å². The first-order chi connectivity index (χ1) is 7.15. The van der Waals surface area contributed by atoms with Crippen LogP contribution in [0.1, 0.15) is 5.56 Å². The van der Waals surface area contributed by atoms with Crippen molar-refractivity contribution in [3.63, 3.8) is 0 Å². The van der Waals surface area contributed by atoms with Crippen LogP contribution in [0.25, 0.3) is 0 Å². The highest BCUT2D eigenvalue weighted by molar-refractivity contribution is 5.93. The van der Waals surface area contributed by atoms with Crippen molar-refractivity contribution in [2.75, 3.05) is 25.5 Å². The van der Waals surface area contributed by atoms with E-state index >= 15 is 0 Å². The average molecular weight is 208 g/mol. The Morgan fingerprint density at radius 2 is 2.27 bits per heavy atom. The van der Waals surface area contributed by atoms with Gasteiger partial charge in [-0.1, -0.05) is 6.07 Å². The summed E-state index contributed by atoms with van der Waals surface area (Å²) in [6, 6.07) is 4.52. The Morgan fingerprint density at radius 3 is 3.07 bits per heavy atom. The minimum Gasteiger partial charge on any atom is -0.325 e. The van der Waals surface area contributed by atoms with Gasteiger partial charge in [0.25, 0.3) is 0 Å². The quantitative estimate of drug-likeness (QED) is 0.696. The molecule has 0 saturated heterocycles. The maximum Gasteiger partial charge on any atom is 0.238 e. The molecule has 0 atom stereocenters. The molecular weight excluding hydrogens is 195 g/mol. The predicted molar refractivity (Wildman–Crippen MR) is 56.2 cm³/mol. The molecule has 3 nitrogen and oxygen atoms in total. The Kier molecular flexibility index (Phi) is 2.68. The van der Waals surface area contributed by atoms with Crippen molar-refractivity contribution in [2.45, 2.75) is 6.42 Å². The van der Waals surface area contributed by atoms with Gasteiger partial charge in [-0.2, -0.15) is 0 Å². The molecule has 80 valence electrons. The Balaban J connectivity index is 2.32. The molecule has 1 aromatic rings. The van der Waals surface area contributed by atoms with Gasteiger partial charge in [-0.05, 0) is 31.2 Å². The van der Waals surface area contributed by atoms with Crippen LogP contribution in [-0.2, 0) is 11.2 Å². The number of carbonyl (C=O) groups is 1. The summed E-state index contributed by atoms with van der Waals surface area (Å²) in [4.78, 5) is 13.4. The Labute approximate surface area is 87.9 Å². The number of benzene rings is 1. The number of hydrogen-bond acceptors (Lipinski definition) is 2. The van der Waals surface area contributed by atoms with Crippen LogP contribution >= 0.6 is 0 Å². The standard InChI is InChI=1S/C11H13FN2O/c1-14-5-4-8-2-3-9(12)6-10(8)13-11(15)7-14/h2-3,6H,4-5,7H2,1H3,(H,13,15). The first-order valence-electron chi connectivity index (χ1n) is 4.92. The van der Waals surface area contributed by atoms with E-state index in [9.17, 15) is 9.18 Å². The number of fused-ring (bicyclic) bond motifs is 1. The minimum absolute atomic E-state index is 0.0935. The summed E-state index contributed by atoms with van der Waals surface area (Å²) in [5.41, 5.74) is 1.59. The van der Waals surface area contributed by atoms with Crippen LogP contribution in [0.2, 0.25) is 0 Å². The average Bonchev–Trinajstić information content (AvgIpc) is 2.14. The molecule has 0 bridgehead atoms. The molecule has 4 heteroatoms. The highest BCUT2D eigenvalue weighted by Gasteiger charge is 2.14. The largest absolute Gasteiger partial charge is 0.325 e. The molecule has 0 aromatic heterocycles. The van der Waals surface area contributed by atoms with Gasteiger partial charge < -0.3 is 5.32 Å². The summed E-state index contributed by atoms with van der Waals surface area (Å²) in [5, 5.41) is 2.71. The van der Waals surface area contributed by atoms with Crippen LogP contribution in [0, 0.1) is 5.82 Å². The molecule has 15 heavy (non-hydrogen) atoms. The van der Waals surface area contributed by atoms with Gasteiger partial charge in [0.2, 0.25) is 5.91 Å². The zero-order chi connectivity index (χ0) is 10.8. The minimum atomic E-state index is -0.317. The molecule has 1 aliphatic heterocycles. The lowest BCUT2D eigenvalue weighted by atomic mass is 10.1. The van der Waals surface area contributed by atoms with Crippen molar-refractivity contribution in [1.82, 2.24) is 4.90 Å². The zero-order valence-corrected chi connectivity index (χ0v) is 8.59. The van der Waals surface area contributed by atoms with Gasteiger partial charge in [0.15, 0.2) is 0 Å². The van der Waals surface area contributed by atoms with Crippen LogP contribution in [0.4, 0.5) is 10.1 Å². The number of nitrogens with zero attached hydrogens (tertiary/aromatic N) is 1. The van der Waals surface area contributed by atoms with Crippen molar-refractivity contribution in [2.24, 2.45) is 0 Å². The molecule has 1 aromatic carbocycles. The maximum absolute atomic E-state index is 13.0. The van der Waals surface area contributed by atoms with Crippen LogP contribution in [0.15, 0.2) is 18.2 Å². The second-order valence-electron chi connectivity index (χ2n) is 3.84. The molecule has 1 amide bonds. The van der Waals surface area contributed by atoms with Gasteiger partial charge in [-0.15, -0.1) is 0 Å². The SMILES string of the molecule is CN1CCc2ccc(F)cc2NC(=O)C1. The van der Waals surface area contributed by atoms with Gasteiger partial charge in [0.1, 0.15) is 5.82 Å². The van der Waals surface area contributed by atoms with Crippen LogP contribution < -0.4 is 5.32 Å². The van der Waals surface area contributed by atoms with E-state index in [4.69, 9.17) is 0 Å². The normalized spacial score (nSPS) is 17.6. The van der Waals surface area contributed by atoms with Gasteiger partial charge in [-0.3, -0.25) is 9.69 Å². The summed E-state index contributed by atoms with van der Waals surface area (Å²) in [5.74, 6) is -0.410. The Hall–Kier alpha value is -1.42. The summed E-state index contributed by atoms with van der Waals surface area (Å²) < 4.78 is 13.0. The van der Waals surface area contributed by atoms with Crippen LogP contribution in [0.5, 0.6) is 0 Å². The molecule has 0 spiro atoms. The number of nitrogens with one attached hydrogen (secondary N) is 1. The van der Waals surface area contributed by atoms with Crippen molar-refractivity contribution in [3.05, 3.63) is 29.6 Å². The first-order valence-corrected chi connectivity index (χ1v) is 4.92. The lowest BCUT2D eigenvalue weighted by Gasteiger charge is -2.21. The summed E-state index contributed by atoms with van der Waals surface area (Å²) >= 11 is 0. The lowest BCUT2D eigenvalue weighted by Crippen LogP contribution is -2.34. The molecule has 0 aliphatic carbocycles. The molecule has 1 aliphatic rings. The van der Waals surface area contributed by atoms with Gasteiger partial charge >= 0.3 is 0 Å². The molecule has 0 fully saturated rings. The zero-order valence-electron chi connectivity index (χ0n) is 8.59. The van der Waals surface area contributed by atoms with E-state index in [2.05, 4.69) is 5.32 Å². The number of anilines is 1. The third kappa shape index (κ3) is 2.33. The fourth-order valence-electron chi connectivity index (χ4n) is 1.71. The van der Waals surface area contributed by atoms with E-state index in [1.54, 1.807) is 6.07 Å². The third-order valence-corrected chi connectivity index (χ3v) is 2.52. The monoisotopic (exact) mass is 208 g/mol. The molecule has 0 saturated carbocycles. The number of rotatable bonds is 0. The van der Waals surface area contributed by atoms with Crippen LogP contribution in [-0.4, -0.2) is 30.9 Å². The van der Waals surface area contributed by atoms with Crippen LogP contribution in [0.3, 0.4) is 0 Å². The first kappa shape index (κ1) is 10.1. The molecular formula is C11H13FN2O. The fourth-order valence-corrected chi connectivity index (χ4v) is 1.71. The summed E-state index contributed by atoms with van der Waals surface area (Å²) in [6.45, 7) is 1.17. The highest BCUT2D eigenvalue weighted by atomic mass is 19.1. The Morgan fingerprint density at radius 1 is 1.47 bits per heavy atom. The number of halogens is 1. The molecule has 0 radical (unpaired) electrons. The lowest BCUT2D eigenvalue weighted by molar-refractivity contribution is -0.117. The number of amides is 1. The highest BCUT2D eigenvalue weighted by Crippen LogP contribution is 2.19. The molecule has 2 rings (SSSR count). The molecule has 1 heterocycles. The van der Waals surface area contributed by atoms with Crippen molar-refractivity contribution in [1.29, 1.82) is 0 Å². The topological polar surface area (TPSA) is 32.3 Å². The van der Waals surface area contributed by atoms with E-state index in [0.29, 0.717) is 12.2 Å². The third-order valence-electron chi connectivity index (χ3n) is 2.52. The maximum atomic E-state index is 13.0.